The second-order valence-electron chi connectivity index (χ2n) is 6.72. The zero-order valence-corrected chi connectivity index (χ0v) is 18.6. The van der Waals surface area contributed by atoms with Gasteiger partial charge in [0.2, 0.25) is 0 Å². The van der Waals surface area contributed by atoms with Gasteiger partial charge in [-0.05, 0) is 59.9 Å². The summed E-state index contributed by atoms with van der Waals surface area (Å²) in [5, 5.41) is 2.46. The van der Waals surface area contributed by atoms with Gasteiger partial charge in [0, 0.05) is 45.5 Å². The van der Waals surface area contributed by atoms with Crippen molar-refractivity contribution in [2.45, 2.75) is 49.0 Å². The Morgan fingerprint density at radius 1 is 1.07 bits per heavy atom. The van der Waals surface area contributed by atoms with Gasteiger partial charge in [-0.2, -0.15) is 0 Å². The van der Waals surface area contributed by atoms with Gasteiger partial charge >= 0.3 is 0 Å². The van der Waals surface area contributed by atoms with Crippen LogP contribution in [-0.4, -0.2) is 9.55 Å². The molecule has 3 rings (SSSR count). The van der Waals surface area contributed by atoms with Crippen molar-refractivity contribution < 1.29 is 0 Å². The highest BCUT2D eigenvalue weighted by Gasteiger charge is 2.23. The standard InChI is InChI=1S/C21H21Cl3N2S/c1-13(2)20-19(11-22)14(3)26(12-15-4-6-25-7-5-15)21(20)27-18-9-16(23)8-17(24)10-18/h4-10,13H,11-12H2,1-3H3. The molecule has 2 heterocycles. The first-order valence-corrected chi connectivity index (χ1v) is 10.8. The zero-order valence-electron chi connectivity index (χ0n) is 15.5. The molecule has 0 N–H and O–H groups in total. The van der Waals surface area contributed by atoms with E-state index in [0.717, 1.165) is 11.4 Å². The number of hydrogen-bond acceptors (Lipinski definition) is 2. The van der Waals surface area contributed by atoms with Crippen LogP contribution in [0.15, 0.2) is 52.6 Å². The van der Waals surface area contributed by atoms with Crippen LogP contribution in [0.4, 0.5) is 0 Å². The summed E-state index contributed by atoms with van der Waals surface area (Å²) < 4.78 is 2.34. The van der Waals surface area contributed by atoms with E-state index in [1.54, 1.807) is 17.8 Å². The van der Waals surface area contributed by atoms with Crippen molar-refractivity contribution in [3.05, 3.63) is 75.2 Å². The topological polar surface area (TPSA) is 17.8 Å². The third-order valence-electron chi connectivity index (χ3n) is 4.49. The lowest BCUT2D eigenvalue weighted by molar-refractivity contribution is 0.689. The molecule has 0 atom stereocenters. The number of hydrogen-bond donors (Lipinski definition) is 0. The van der Waals surface area contributed by atoms with Crippen LogP contribution in [0.2, 0.25) is 10.0 Å². The summed E-state index contributed by atoms with van der Waals surface area (Å²) in [7, 11) is 0. The molecule has 2 nitrogen and oxygen atoms in total. The van der Waals surface area contributed by atoms with Crippen molar-refractivity contribution in [3.8, 4) is 0 Å². The average Bonchev–Trinajstić information content (AvgIpc) is 2.87. The molecular weight excluding hydrogens is 419 g/mol. The summed E-state index contributed by atoms with van der Waals surface area (Å²) >= 11 is 20.5. The lowest BCUT2D eigenvalue weighted by Crippen LogP contribution is -2.04. The maximum atomic E-state index is 6.35. The maximum Gasteiger partial charge on any atom is 0.0840 e. The fourth-order valence-corrected chi connectivity index (χ4v) is 5.59. The van der Waals surface area contributed by atoms with Crippen molar-refractivity contribution in [3.63, 3.8) is 0 Å². The number of halogens is 3. The highest BCUT2D eigenvalue weighted by atomic mass is 35.5. The van der Waals surface area contributed by atoms with E-state index in [0.29, 0.717) is 21.8 Å². The Balaban J connectivity index is 2.13. The lowest BCUT2D eigenvalue weighted by Gasteiger charge is -2.15. The predicted molar refractivity (Wildman–Crippen MR) is 117 cm³/mol. The SMILES string of the molecule is Cc1c(CCl)c(C(C)C)c(Sc2cc(Cl)cc(Cl)c2)n1Cc1ccncc1. The summed E-state index contributed by atoms with van der Waals surface area (Å²) in [5.41, 5.74) is 4.89. The molecule has 1 aromatic carbocycles. The van der Waals surface area contributed by atoms with E-state index in [1.165, 1.54) is 27.4 Å². The molecule has 142 valence electrons. The van der Waals surface area contributed by atoms with Crippen LogP contribution < -0.4 is 0 Å². The monoisotopic (exact) mass is 438 g/mol. The molecule has 0 saturated carbocycles. The fourth-order valence-electron chi connectivity index (χ4n) is 3.22. The van der Waals surface area contributed by atoms with E-state index in [2.05, 4.69) is 30.3 Å². The highest BCUT2D eigenvalue weighted by Crippen LogP contribution is 2.41. The van der Waals surface area contributed by atoms with Gasteiger partial charge < -0.3 is 4.57 Å². The molecule has 0 amide bonds. The zero-order chi connectivity index (χ0) is 19.6. The van der Waals surface area contributed by atoms with E-state index in [1.807, 2.05) is 36.7 Å². The van der Waals surface area contributed by atoms with E-state index in [-0.39, 0.29) is 0 Å². The molecule has 0 bridgehead atoms. The quantitative estimate of drug-likeness (QED) is 0.369. The molecule has 0 fully saturated rings. The van der Waals surface area contributed by atoms with Crippen LogP contribution >= 0.6 is 46.6 Å². The summed E-state index contributed by atoms with van der Waals surface area (Å²) in [4.78, 5) is 5.14. The average molecular weight is 440 g/mol. The first-order chi connectivity index (χ1) is 12.9. The number of alkyl halides is 1. The van der Waals surface area contributed by atoms with Gasteiger partial charge in [-0.1, -0.05) is 48.8 Å². The van der Waals surface area contributed by atoms with Crippen LogP contribution in [0.5, 0.6) is 0 Å². The van der Waals surface area contributed by atoms with Crippen molar-refractivity contribution in [2.24, 2.45) is 0 Å². The maximum absolute atomic E-state index is 6.35. The summed E-state index contributed by atoms with van der Waals surface area (Å²) in [6.45, 7) is 7.31. The Bertz CT molecular complexity index is 916. The van der Waals surface area contributed by atoms with Gasteiger partial charge in [-0.3, -0.25) is 4.98 Å². The lowest BCUT2D eigenvalue weighted by atomic mass is 10.0. The molecule has 0 saturated heterocycles. The molecule has 6 heteroatoms. The van der Waals surface area contributed by atoms with Gasteiger partial charge in [-0.25, -0.2) is 0 Å². The Labute approximate surface area is 179 Å². The predicted octanol–water partition coefficient (Wildman–Crippen LogP) is 7.56. The van der Waals surface area contributed by atoms with Crippen molar-refractivity contribution in [1.29, 1.82) is 0 Å². The molecule has 0 unspecified atom stereocenters. The van der Waals surface area contributed by atoms with E-state index in [9.17, 15) is 0 Å². The van der Waals surface area contributed by atoms with Gasteiger partial charge in [0.15, 0.2) is 0 Å². The molecule has 3 aromatic rings. The molecular formula is C21H21Cl3N2S. The Morgan fingerprint density at radius 2 is 1.70 bits per heavy atom. The first kappa shape index (κ1) is 20.6. The van der Waals surface area contributed by atoms with E-state index >= 15 is 0 Å². The first-order valence-electron chi connectivity index (χ1n) is 8.71. The van der Waals surface area contributed by atoms with Crippen LogP contribution in [0.25, 0.3) is 0 Å². The molecule has 27 heavy (non-hydrogen) atoms. The third-order valence-corrected chi connectivity index (χ3v) is 6.30. The van der Waals surface area contributed by atoms with Crippen LogP contribution in [0, 0.1) is 6.92 Å². The number of benzene rings is 1. The Kier molecular flexibility index (Phi) is 6.80. The summed E-state index contributed by atoms with van der Waals surface area (Å²) in [6, 6.07) is 9.73. The van der Waals surface area contributed by atoms with Gasteiger partial charge in [0.25, 0.3) is 0 Å². The molecule has 0 aliphatic carbocycles. The van der Waals surface area contributed by atoms with E-state index in [4.69, 9.17) is 34.8 Å². The largest absolute Gasteiger partial charge is 0.335 e. The number of nitrogens with zero attached hydrogens (tertiary/aromatic N) is 2. The highest BCUT2D eigenvalue weighted by molar-refractivity contribution is 7.99. The van der Waals surface area contributed by atoms with Crippen molar-refractivity contribution >= 4 is 46.6 Å². The second kappa shape index (κ2) is 8.91. The molecule has 0 aliphatic heterocycles. The number of rotatable bonds is 6. The summed E-state index contributed by atoms with van der Waals surface area (Å²) in [5.74, 6) is 0.848. The molecule has 0 spiro atoms. The van der Waals surface area contributed by atoms with E-state index < -0.39 is 0 Å². The van der Waals surface area contributed by atoms with Gasteiger partial charge in [-0.15, -0.1) is 11.6 Å². The van der Waals surface area contributed by atoms with Crippen molar-refractivity contribution in [2.75, 3.05) is 0 Å². The Hall–Kier alpha value is -1.13. The molecule has 2 aromatic heterocycles. The van der Waals surface area contributed by atoms with Gasteiger partial charge in [0.05, 0.1) is 5.03 Å². The number of aromatic nitrogens is 2. The normalized spacial score (nSPS) is 11.4. The minimum atomic E-state index is 0.355. The van der Waals surface area contributed by atoms with Crippen LogP contribution in [0.1, 0.15) is 42.1 Å². The second-order valence-corrected chi connectivity index (χ2v) is 8.92. The Morgan fingerprint density at radius 3 is 2.26 bits per heavy atom. The van der Waals surface area contributed by atoms with Crippen LogP contribution in [-0.2, 0) is 12.4 Å². The van der Waals surface area contributed by atoms with Gasteiger partial charge in [0.1, 0.15) is 0 Å². The van der Waals surface area contributed by atoms with Crippen molar-refractivity contribution in [1.82, 2.24) is 9.55 Å². The smallest absolute Gasteiger partial charge is 0.0840 e. The summed E-state index contributed by atoms with van der Waals surface area (Å²) in [6.07, 6.45) is 3.65. The minimum absolute atomic E-state index is 0.355. The van der Waals surface area contributed by atoms with Crippen LogP contribution in [0.3, 0.4) is 0 Å². The fraction of sp³-hybridized carbons (Fsp3) is 0.286. The minimum Gasteiger partial charge on any atom is -0.335 e. The molecule has 0 aliphatic rings. The number of pyridine rings is 1. The molecule has 0 radical (unpaired) electrons. The third kappa shape index (κ3) is 4.65.